The molecule has 0 aliphatic heterocycles. The molecule has 0 spiro atoms. The Labute approximate surface area is 91.5 Å². The number of halogens is 1. The molecule has 0 aliphatic carbocycles. The molecule has 0 amide bonds. The van der Waals surface area contributed by atoms with E-state index in [0.29, 0.717) is 5.57 Å². The Balaban J connectivity index is 2.51. The minimum absolute atomic E-state index is 0.249. The van der Waals surface area contributed by atoms with E-state index in [4.69, 9.17) is 0 Å². The standard InChI is InChI=1S/C12H11FOS/c1-7(2)12(14)11-5-8-3-4-9(13)6-10(8)15-11/h3-6,12,14H,1H2,2H3. The van der Waals surface area contributed by atoms with Crippen LogP contribution in [0.25, 0.3) is 10.1 Å². The van der Waals surface area contributed by atoms with E-state index in [0.717, 1.165) is 15.0 Å². The number of hydrogen-bond donors (Lipinski definition) is 1. The second-order valence-corrected chi connectivity index (χ2v) is 4.70. The smallest absolute Gasteiger partial charge is 0.124 e. The molecular weight excluding hydrogens is 211 g/mol. The molecule has 0 fully saturated rings. The highest BCUT2D eigenvalue weighted by atomic mass is 32.1. The van der Waals surface area contributed by atoms with Gasteiger partial charge < -0.3 is 5.11 Å². The van der Waals surface area contributed by atoms with Crippen molar-refractivity contribution in [1.29, 1.82) is 0 Å². The van der Waals surface area contributed by atoms with Gasteiger partial charge in [-0.15, -0.1) is 11.3 Å². The van der Waals surface area contributed by atoms with E-state index in [2.05, 4.69) is 6.58 Å². The fraction of sp³-hybridized carbons (Fsp3) is 0.167. The van der Waals surface area contributed by atoms with E-state index >= 15 is 0 Å². The predicted molar refractivity (Wildman–Crippen MR) is 61.6 cm³/mol. The van der Waals surface area contributed by atoms with Crippen LogP contribution in [0.15, 0.2) is 36.4 Å². The highest BCUT2D eigenvalue weighted by Gasteiger charge is 2.11. The minimum atomic E-state index is -0.648. The van der Waals surface area contributed by atoms with Crippen LogP contribution in [0.1, 0.15) is 17.9 Å². The van der Waals surface area contributed by atoms with Crippen LogP contribution in [0, 0.1) is 5.82 Å². The molecule has 0 aliphatic rings. The minimum Gasteiger partial charge on any atom is -0.383 e. The summed E-state index contributed by atoms with van der Waals surface area (Å²) >= 11 is 1.40. The zero-order chi connectivity index (χ0) is 11.0. The first-order valence-electron chi connectivity index (χ1n) is 4.60. The Bertz CT molecular complexity index is 515. The number of rotatable bonds is 2. The maximum absolute atomic E-state index is 12.9. The largest absolute Gasteiger partial charge is 0.383 e. The van der Waals surface area contributed by atoms with Crippen LogP contribution < -0.4 is 0 Å². The number of aliphatic hydroxyl groups excluding tert-OH is 1. The molecule has 2 rings (SSSR count). The SMILES string of the molecule is C=C(C)C(O)c1cc2ccc(F)cc2s1. The van der Waals surface area contributed by atoms with Gasteiger partial charge in [0.2, 0.25) is 0 Å². The molecule has 15 heavy (non-hydrogen) atoms. The molecule has 1 aromatic carbocycles. The Morgan fingerprint density at radius 3 is 2.87 bits per heavy atom. The predicted octanol–water partition coefficient (Wildman–Crippen LogP) is 3.65. The Morgan fingerprint density at radius 2 is 2.20 bits per heavy atom. The molecule has 1 heterocycles. The van der Waals surface area contributed by atoms with Crippen LogP contribution in [0.3, 0.4) is 0 Å². The average molecular weight is 222 g/mol. The fourth-order valence-corrected chi connectivity index (χ4v) is 2.57. The second-order valence-electron chi connectivity index (χ2n) is 3.58. The van der Waals surface area contributed by atoms with Gasteiger partial charge in [-0.2, -0.15) is 0 Å². The lowest BCUT2D eigenvalue weighted by atomic mass is 10.1. The zero-order valence-corrected chi connectivity index (χ0v) is 9.14. The maximum Gasteiger partial charge on any atom is 0.124 e. The van der Waals surface area contributed by atoms with Crippen molar-refractivity contribution in [2.45, 2.75) is 13.0 Å². The van der Waals surface area contributed by atoms with Crippen molar-refractivity contribution in [2.75, 3.05) is 0 Å². The van der Waals surface area contributed by atoms with Crippen molar-refractivity contribution in [3.8, 4) is 0 Å². The molecule has 1 N–H and O–H groups in total. The molecule has 2 aromatic rings. The van der Waals surface area contributed by atoms with Crippen LogP contribution >= 0.6 is 11.3 Å². The molecule has 1 nitrogen and oxygen atoms in total. The van der Waals surface area contributed by atoms with Crippen molar-refractivity contribution >= 4 is 21.4 Å². The van der Waals surface area contributed by atoms with Gasteiger partial charge in [-0.05, 0) is 36.1 Å². The molecule has 78 valence electrons. The van der Waals surface area contributed by atoms with Crippen molar-refractivity contribution in [3.63, 3.8) is 0 Å². The van der Waals surface area contributed by atoms with Gasteiger partial charge in [-0.3, -0.25) is 0 Å². The topological polar surface area (TPSA) is 20.2 Å². The summed E-state index contributed by atoms with van der Waals surface area (Å²) in [5.41, 5.74) is 0.696. The third-order valence-corrected chi connectivity index (χ3v) is 3.39. The summed E-state index contributed by atoms with van der Waals surface area (Å²) < 4.78 is 13.8. The Morgan fingerprint density at radius 1 is 1.47 bits per heavy atom. The lowest BCUT2D eigenvalue weighted by Gasteiger charge is -2.05. The summed E-state index contributed by atoms with van der Waals surface area (Å²) in [7, 11) is 0. The summed E-state index contributed by atoms with van der Waals surface area (Å²) in [6.45, 7) is 5.48. The van der Waals surface area contributed by atoms with Gasteiger partial charge in [0.05, 0.1) is 0 Å². The van der Waals surface area contributed by atoms with E-state index < -0.39 is 6.10 Å². The monoisotopic (exact) mass is 222 g/mol. The molecule has 0 saturated heterocycles. The third-order valence-electron chi connectivity index (χ3n) is 2.24. The highest BCUT2D eigenvalue weighted by molar-refractivity contribution is 7.19. The van der Waals surface area contributed by atoms with Crippen molar-refractivity contribution < 1.29 is 9.50 Å². The molecule has 0 saturated carbocycles. The summed E-state index contributed by atoms with van der Waals surface area (Å²) in [6.07, 6.45) is -0.648. The van der Waals surface area contributed by atoms with Crippen LogP contribution in [0.4, 0.5) is 4.39 Å². The van der Waals surface area contributed by atoms with Crippen molar-refractivity contribution in [2.24, 2.45) is 0 Å². The average Bonchev–Trinajstić information content (AvgIpc) is 2.58. The van der Waals surface area contributed by atoms with Crippen LogP contribution in [-0.4, -0.2) is 5.11 Å². The van der Waals surface area contributed by atoms with E-state index in [1.807, 2.05) is 6.07 Å². The third kappa shape index (κ3) is 1.94. The molecule has 1 unspecified atom stereocenters. The summed E-state index contributed by atoms with van der Waals surface area (Å²) in [6, 6.07) is 6.50. The molecule has 0 radical (unpaired) electrons. The van der Waals surface area contributed by atoms with Gasteiger partial charge >= 0.3 is 0 Å². The highest BCUT2D eigenvalue weighted by Crippen LogP contribution is 2.32. The van der Waals surface area contributed by atoms with E-state index in [-0.39, 0.29) is 5.82 Å². The van der Waals surface area contributed by atoms with Gasteiger partial charge in [0.15, 0.2) is 0 Å². The van der Waals surface area contributed by atoms with Crippen LogP contribution in [0.2, 0.25) is 0 Å². The van der Waals surface area contributed by atoms with Crippen molar-refractivity contribution in [1.82, 2.24) is 0 Å². The van der Waals surface area contributed by atoms with Gasteiger partial charge in [0, 0.05) is 9.58 Å². The summed E-state index contributed by atoms with van der Waals surface area (Å²) in [4.78, 5) is 0.808. The second kappa shape index (κ2) is 3.76. The van der Waals surface area contributed by atoms with Gasteiger partial charge in [0.1, 0.15) is 11.9 Å². The first-order chi connectivity index (χ1) is 7.08. The lowest BCUT2D eigenvalue weighted by molar-refractivity contribution is 0.220. The quantitative estimate of drug-likeness (QED) is 0.769. The molecule has 1 aromatic heterocycles. The lowest BCUT2D eigenvalue weighted by Crippen LogP contribution is -1.93. The van der Waals surface area contributed by atoms with E-state index in [9.17, 15) is 9.50 Å². The van der Waals surface area contributed by atoms with Crippen LogP contribution in [0.5, 0.6) is 0 Å². The van der Waals surface area contributed by atoms with Gasteiger partial charge in [-0.1, -0.05) is 12.6 Å². The molecular formula is C12H11FOS. The zero-order valence-electron chi connectivity index (χ0n) is 8.33. The fourth-order valence-electron chi connectivity index (χ4n) is 1.40. The molecule has 3 heteroatoms. The molecule has 1 atom stereocenters. The normalized spacial score (nSPS) is 13.0. The van der Waals surface area contributed by atoms with E-state index in [1.54, 1.807) is 13.0 Å². The number of fused-ring (bicyclic) bond motifs is 1. The first-order valence-corrected chi connectivity index (χ1v) is 5.42. The van der Waals surface area contributed by atoms with Crippen molar-refractivity contribution in [3.05, 3.63) is 47.1 Å². The van der Waals surface area contributed by atoms with Gasteiger partial charge in [-0.25, -0.2) is 4.39 Å². The number of benzene rings is 1. The number of aliphatic hydroxyl groups is 1. The maximum atomic E-state index is 12.9. The van der Waals surface area contributed by atoms with E-state index in [1.165, 1.54) is 23.5 Å². The summed E-state index contributed by atoms with van der Waals surface area (Å²) in [5, 5.41) is 10.7. The van der Waals surface area contributed by atoms with Crippen LogP contribution in [-0.2, 0) is 0 Å². The Kier molecular flexibility index (Phi) is 2.59. The molecule has 0 bridgehead atoms. The van der Waals surface area contributed by atoms with Gasteiger partial charge in [0.25, 0.3) is 0 Å². The summed E-state index contributed by atoms with van der Waals surface area (Å²) in [5.74, 6) is -0.249. The first kappa shape index (κ1) is 10.3. The number of hydrogen-bond acceptors (Lipinski definition) is 2. The Hall–Kier alpha value is -1.19. The number of thiophene rings is 1.